The number of nitrogens with zero attached hydrogens (tertiary/aromatic N) is 2. The summed E-state index contributed by atoms with van der Waals surface area (Å²) in [6.45, 7) is 2.23. The highest BCUT2D eigenvalue weighted by Crippen LogP contribution is 2.19. The monoisotopic (exact) mass is 213 g/mol. The second-order valence-corrected chi connectivity index (χ2v) is 3.33. The minimum absolute atomic E-state index is 0.00204. The summed E-state index contributed by atoms with van der Waals surface area (Å²) in [6.07, 6.45) is 1.76. The van der Waals surface area contributed by atoms with Gasteiger partial charge in [0.05, 0.1) is 13.7 Å². The fourth-order valence-electron chi connectivity index (χ4n) is 1.36. The molecule has 0 aliphatic heterocycles. The number of hydrogen-bond donors (Lipinski definition) is 1. The molecule has 0 amide bonds. The lowest BCUT2D eigenvalue weighted by atomic mass is 10.0. The molecule has 0 aliphatic carbocycles. The van der Waals surface area contributed by atoms with Gasteiger partial charge in [0.15, 0.2) is 5.69 Å². The number of esters is 1. The SMILES string of the molecule is COC(=O)c1nn(C)cc1C(C)CON. The van der Waals surface area contributed by atoms with E-state index in [1.807, 2.05) is 6.92 Å². The third-order valence-electron chi connectivity index (χ3n) is 2.11. The lowest BCUT2D eigenvalue weighted by Gasteiger charge is -2.08. The topological polar surface area (TPSA) is 79.4 Å². The molecule has 0 radical (unpaired) electrons. The minimum atomic E-state index is -0.450. The number of methoxy groups -OCH3 is 1. The van der Waals surface area contributed by atoms with Gasteiger partial charge in [-0.05, 0) is 0 Å². The van der Waals surface area contributed by atoms with E-state index in [1.165, 1.54) is 7.11 Å². The van der Waals surface area contributed by atoms with Crippen LogP contribution in [0.1, 0.15) is 28.9 Å². The van der Waals surface area contributed by atoms with Gasteiger partial charge in [-0.25, -0.2) is 10.7 Å². The molecule has 6 nitrogen and oxygen atoms in total. The summed E-state index contributed by atoms with van der Waals surface area (Å²) in [5.74, 6) is 4.54. The molecular weight excluding hydrogens is 198 g/mol. The van der Waals surface area contributed by atoms with Crippen LogP contribution in [0, 0.1) is 0 Å². The van der Waals surface area contributed by atoms with Crippen LogP contribution < -0.4 is 5.90 Å². The van der Waals surface area contributed by atoms with E-state index in [4.69, 9.17) is 5.90 Å². The number of hydrogen-bond acceptors (Lipinski definition) is 5. The maximum absolute atomic E-state index is 11.4. The van der Waals surface area contributed by atoms with Crippen LogP contribution in [-0.2, 0) is 16.6 Å². The Morgan fingerprint density at radius 1 is 1.73 bits per heavy atom. The summed E-state index contributed by atoms with van der Waals surface area (Å²) in [5.41, 5.74) is 1.08. The van der Waals surface area contributed by atoms with Crippen molar-refractivity contribution in [1.82, 2.24) is 9.78 Å². The van der Waals surface area contributed by atoms with Gasteiger partial charge in [-0.2, -0.15) is 5.10 Å². The molecule has 1 atom stereocenters. The predicted molar refractivity (Wildman–Crippen MR) is 53.1 cm³/mol. The molecule has 1 aromatic rings. The Balaban J connectivity index is 3.00. The molecule has 0 aliphatic rings. The maximum Gasteiger partial charge on any atom is 0.358 e. The molecule has 2 N–H and O–H groups in total. The van der Waals surface area contributed by atoms with Crippen molar-refractivity contribution >= 4 is 5.97 Å². The first kappa shape index (κ1) is 11.7. The quantitative estimate of drug-likeness (QED) is 0.571. The van der Waals surface area contributed by atoms with Crippen LogP contribution in [0.5, 0.6) is 0 Å². The average Bonchev–Trinajstić information content (AvgIpc) is 2.59. The summed E-state index contributed by atoms with van der Waals surface area (Å²) >= 11 is 0. The standard InChI is InChI=1S/C9H15N3O3/c1-6(5-15-10)7-4-12(2)11-8(7)9(13)14-3/h4,6H,5,10H2,1-3H3. The van der Waals surface area contributed by atoms with Crippen molar-refractivity contribution in [3.63, 3.8) is 0 Å². The Bertz CT molecular complexity index is 348. The molecule has 84 valence electrons. The minimum Gasteiger partial charge on any atom is -0.464 e. The average molecular weight is 213 g/mol. The predicted octanol–water partition coefficient (Wildman–Crippen LogP) is 0.200. The number of nitrogens with two attached hydrogens (primary N) is 1. The van der Waals surface area contributed by atoms with Gasteiger partial charge in [0, 0.05) is 24.7 Å². The van der Waals surface area contributed by atoms with Crippen molar-refractivity contribution in [3.8, 4) is 0 Å². The van der Waals surface area contributed by atoms with Crippen LogP contribution in [0.4, 0.5) is 0 Å². The second-order valence-electron chi connectivity index (χ2n) is 3.33. The van der Waals surface area contributed by atoms with Crippen molar-refractivity contribution in [2.75, 3.05) is 13.7 Å². The van der Waals surface area contributed by atoms with Crippen LogP contribution in [0.15, 0.2) is 6.20 Å². The van der Waals surface area contributed by atoms with Gasteiger partial charge >= 0.3 is 5.97 Å². The summed E-state index contributed by atoms with van der Waals surface area (Å²) in [4.78, 5) is 15.9. The van der Waals surface area contributed by atoms with Gasteiger partial charge in [0.25, 0.3) is 0 Å². The van der Waals surface area contributed by atoms with Gasteiger partial charge < -0.3 is 9.57 Å². The molecule has 15 heavy (non-hydrogen) atoms. The number of aromatic nitrogens is 2. The highest BCUT2D eigenvalue weighted by molar-refractivity contribution is 5.88. The number of carbonyl (C=O) groups is 1. The smallest absolute Gasteiger partial charge is 0.358 e. The largest absolute Gasteiger partial charge is 0.464 e. The highest BCUT2D eigenvalue weighted by Gasteiger charge is 2.20. The highest BCUT2D eigenvalue weighted by atomic mass is 16.6. The zero-order valence-corrected chi connectivity index (χ0v) is 9.06. The molecule has 1 rings (SSSR count). The van der Waals surface area contributed by atoms with E-state index >= 15 is 0 Å². The first-order chi connectivity index (χ1) is 7.10. The summed E-state index contributed by atoms with van der Waals surface area (Å²) in [5, 5.41) is 4.03. The molecular formula is C9H15N3O3. The van der Waals surface area contributed by atoms with Crippen molar-refractivity contribution in [2.24, 2.45) is 12.9 Å². The molecule has 1 heterocycles. The van der Waals surface area contributed by atoms with E-state index in [2.05, 4.69) is 14.7 Å². The van der Waals surface area contributed by atoms with Crippen LogP contribution in [-0.4, -0.2) is 29.5 Å². The van der Waals surface area contributed by atoms with E-state index in [9.17, 15) is 4.79 Å². The van der Waals surface area contributed by atoms with Crippen LogP contribution >= 0.6 is 0 Å². The third kappa shape index (κ3) is 2.54. The molecule has 6 heteroatoms. The Hall–Kier alpha value is -1.40. The van der Waals surface area contributed by atoms with Gasteiger partial charge in [-0.15, -0.1) is 0 Å². The molecule has 0 bridgehead atoms. The molecule has 0 saturated heterocycles. The van der Waals surface area contributed by atoms with E-state index in [0.29, 0.717) is 12.3 Å². The first-order valence-corrected chi connectivity index (χ1v) is 4.53. The first-order valence-electron chi connectivity index (χ1n) is 4.53. The Labute approximate surface area is 87.9 Å². The second kappa shape index (κ2) is 4.90. The van der Waals surface area contributed by atoms with E-state index in [1.54, 1.807) is 17.9 Å². The zero-order valence-electron chi connectivity index (χ0n) is 9.06. The van der Waals surface area contributed by atoms with Crippen LogP contribution in [0.3, 0.4) is 0 Å². The molecule has 1 unspecified atom stereocenters. The van der Waals surface area contributed by atoms with Gasteiger partial charge in [-0.3, -0.25) is 4.68 Å². The summed E-state index contributed by atoms with van der Waals surface area (Å²) in [7, 11) is 3.07. The third-order valence-corrected chi connectivity index (χ3v) is 2.11. The fourth-order valence-corrected chi connectivity index (χ4v) is 1.36. The van der Waals surface area contributed by atoms with Crippen LogP contribution in [0.25, 0.3) is 0 Å². The summed E-state index contributed by atoms with van der Waals surface area (Å²) < 4.78 is 6.20. The maximum atomic E-state index is 11.4. The molecule has 0 saturated carbocycles. The lowest BCUT2D eigenvalue weighted by Crippen LogP contribution is -2.12. The van der Waals surface area contributed by atoms with Gasteiger partial charge in [-0.1, -0.05) is 6.92 Å². The fraction of sp³-hybridized carbons (Fsp3) is 0.556. The lowest BCUT2D eigenvalue weighted by molar-refractivity contribution is 0.0589. The van der Waals surface area contributed by atoms with Crippen molar-refractivity contribution in [2.45, 2.75) is 12.8 Å². The number of aryl methyl sites for hydroxylation is 1. The van der Waals surface area contributed by atoms with Crippen molar-refractivity contribution in [3.05, 3.63) is 17.5 Å². The van der Waals surface area contributed by atoms with E-state index in [-0.39, 0.29) is 5.92 Å². The van der Waals surface area contributed by atoms with Crippen LogP contribution in [0.2, 0.25) is 0 Å². The van der Waals surface area contributed by atoms with Crippen molar-refractivity contribution < 1.29 is 14.4 Å². The Morgan fingerprint density at radius 2 is 2.40 bits per heavy atom. The number of carbonyl (C=O) groups excluding carboxylic acids is 1. The molecule has 1 aromatic heterocycles. The zero-order chi connectivity index (χ0) is 11.4. The van der Waals surface area contributed by atoms with Gasteiger partial charge in [0.2, 0.25) is 0 Å². The number of ether oxygens (including phenoxy) is 1. The Kier molecular flexibility index (Phi) is 3.81. The van der Waals surface area contributed by atoms with E-state index in [0.717, 1.165) is 5.56 Å². The normalized spacial score (nSPS) is 12.5. The molecule has 0 aromatic carbocycles. The van der Waals surface area contributed by atoms with Crippen molar-refractivity contribution in [1.29, 1.82) is 0 Å². The molecule has 0 spiro atoms. The van der Waals surface area contributed by atoms with E-state index < -0.39 is 5.97 Å². The van der Waals surface area contributed by atoms with Gasteiger partial charge in [0.1, 0.15) is 0 Å². The number of rotatable bonds is 4. The summed E-state index contributed by atoms with van der Waals surface area (Å²) in [6, 6.07) is 0. The molecule has 0 fully saturated rings. The Morgan fingerprint density at radius 3 is 2.93 bits per heavy atom.